The summed E-state index contributed by atoms with van der Waals surface area (Å²) in [5.74, 6) is 0.197. The summed E-state index contributed by atoms with van der Waals surface area (Å²) in [5.41, 5.74) is 1.37. The van der Waals surface area contributed by atoms with Crippen molar-refractivity contribution >= 4 is 11.5 Å². The van der Waals surface area contributed by atoms with Gasteiger partial charge < -0.3 is 9.47 Å². The maximum atomic E-state index is 13.0. The second-order valence-corrected chi connectivity index (χ2v) is 5.88. The van der Waals surface area contributed by atoms with E-state index in [1.165, 1.54) is 49.6 Å². The zero-order valence-electron chi connectivity index (χ0n) is 14.9. The molecule has 0 aliphatic rings. The molecule has 0 heterocycles. The van der Waals surface area contributed by atoms with Crippen molar-refractivity contribution in [3.8, 4) is 22.6 Å². The number of ketones is 1. The Hall–Kier alpha value is -3.74. The smallest absolute Gasteiger partial charge is 0.270 e. The number of Topliss-reactive ketones (excluding diaryl/α,β-unsaturated/α-hetero) is 1. The van der Waals surface area contributed by atoms with Crippen LogP contribution in [-0.2, 0) is 0 Å². The third kappa shape index (κ3) is 4.32. The minimum atomic E-state index is -0.500. The van der Waals surface area contributed by atoms with Crippen LogP contribution in [0, 0.1) is 15.9 Å². The third-order valence-electron chi connectivity index (χ3n) is 4.10. The molecule has 0 spiro atoms. The number of nitrogens with zero attached hydrogens (tertiary/aromatic N) is 1. The Labute approximate surface area is 160 Å². The molecule has 7 heteroatoms. The van der Waals surface area contributed by atoms with Gasteiger partial charge in [-0.25, -0.2) is 4.39 Å². The number of rotatable bonds is 7. The summed E-state index contributed by atoms with van der Waals surface area (Å²) in [7, 11) is 1.54. The first-order chi connectivity index (χ1) is 13.5. The van der Waals surface area contributed by atoms with E-state index in [4.69, 9.17) is 9.47 Å². The lowest BCUT2D eigenvalue weighted by Gasteiger charge is -2.12. The van der Waals surface area contributed by atoms with Gasteiger partial charge in [-0.2, -0.15) is 0 Å². The molecule has 0 saturated heterocycles. The van der Waals surface area contributed by atoms with Crippen LogP contribution < -0.4 is 9.47 Å². The lowest BCUT2D eigenvalue weighted by molar-refractivity contribution is -0.384. The number of methoxy groups -OCH3 is 1. The van der Waals surface area contributed by atoms with E-state index in [0.29, 0.717) is 28.2 Å². The molecule has 0 radical (unpaired) electrons. The number of hydrogen-bond acceptors (Lipinski definition) is 5. The Bertz CT molecular complexity index is 1000. The highest BCUT2D eigenvalue weighted by molar-refractivity contribution is 5.97. The third-order valence-corrected chi connectivity index (χ3v) is 4.10. The molecular formula is C21H16FNO5. The van der Waals surface area contributed by atoms with E-state index < -0.39 is 10.7 Å². The largest absolute Gasteiger partial charge is 0.497 e. The van der Waals surface area contributed by atoms with Gasteiger partial charge in [0.25, 0.3) is 5.69 Å². The molecule has 0 fully saturated rings. The molecule has 0 unspecified atom stereocenters. The molecule has 6 nitrogen and oxygen atoms in total. The lowest BCUT2D eigenvalue weighted by Crippen LogP contribution is -2.12. The van der Waals surface area contributed by atoms with Gasteiger partial charge in [0.15, 0.2) is 12.4 Å². The van der Waals surface area contributed by atoms with Crippen LogP contribution >= 0.6 is 0 Å². The van der Waals surface area contributed by atoms with Crippen LogP contribution in [0.5, 0.6) is 11.5 Å². The number of carbonyl (C=O) groups is 1. The summed E-state index contributed by atoms with van der Waals surface area (Å²) in [4.78, 5) is 22.9. The summed E-state index contributed by atoms with van der Waals surface area (Å²) in [6.45, 7) is -0.285. The van der Waals surface area contributed by atoms with Crippen molar-refractivity contribution in [3.63, 3.8) is 0 Å². The molecule has 0 amide bonds. The molecule has 142 valence electrons. The van der Waals surface area contributed by atoms with E-state index in [1.807, 2.05) is 0 Å². The molecule has 3 aromatic carbocycles. The minimum Gasteiger partial charge on any atom is -0.497 e. The van der Waals surface area contributed by atoms with Gasteiger partial charge >= 0.3 is 0 Å². The van der Waals surface area contributed by atoms with Crippen molar-refractivity contribution in [2.45, 2.75) is 0 Å². The number of nitro groups is 1. The average Bonchev–Trinajstić information content (AvgIpc) is 2.72. The Morgan fingerprint density at radius 2 is 1.71 bits per heavy atom. The van der Waals surface area contributed by atoms with Crippen LogP contribution in [0.4, 0.5) is 10.1 Å². The summed E-state index contributed by atoms with van der Waals surface area (Å²) < 4.78 is 23.7. The van der Waals surface area contributed by atoms with Crippen LogP contribution in [0.3, 0.4) is 0 Å². The predicted octanol–water partition coefficient (Wildman–Crippen LogP) is 4.67. The number of carbonyl (C=O) groups excluding carboxylic acids is 1. The molecule has 0 saturated carbocycles. The molecule has 0 atom stereocenters. The monoisotopic (exact) mass is 381 g/mol. The second kappa shape index (κ2) is 8.30. The fraction of sp³-hybridized carbons (Fsp3) is 0.0952. The van der Waals surface area contributed by atoms with E-state index in [1.54, 1.807) is 24.3 Å². The average molecular weight is 381 g/mol. The second-order valence-electron chi connectivity index (χ2n) is 5.88. The fourth-order valence-electron chi connectivity index (χ4n) is 2.62. The standard InChI is InChI=1S/C21H16FNO5/c1-27-18-9-4-14(5-10-18)19-12-17(23(25)26)8-11-21(19)28-13-20(24)15-2-6-16(22)7-3-15/h2-12H,13H2,1H3. The first kappa shape index (κ1) is 19.0. The van der Waals surface area contributed by atoms with Crippen molar-refractivity contribution in [1.29, 1.82) is 0 Å². The molecule has 0 bridgehead atoms. The van der Waals surface area contributed by atoms with E-state index in [2.05, 4.69) is 0 Å². The lowest BCUT2D eigenvalue weighted by atomic mass is 10.0. The van der Waals surface area contributed by atoms with Gasteiger partial charge in [-0.1, -0.05) is 12.1 Å². The summed E-state index contributed by atoms with van der Waals surface area (Å²) in [6, 6.07) is 16.2. The van der Waals surface area contributed by atoms with Gasteiger partial charge in [0, 0.05) is 23.3 Å². The van der Waals surface area contributed by atoms with Crippen molar-refractivity contribution in [3.05, 3.63) is 88.2 Å². The highest BCUT2D eigenvalue weighted by atomic mass is 19.1. The maximum absolute atomic E-state index is 13.0. The van der Waals surface area contributed by atoms with Crippen molar-refractivity contribution in [2.75, 3.05) is 13.7 Å². The number of non-ortho nitro benzene ring substituents is 1. The predicted molar refractivity (Wildman–Crippen MR) is 101 cm³/mol. The number of halogens is 1. The van der Waals surface area contributed by atoms with Gasteiger partial charge in [0.2, 0.25) is 0 Å². The molecule has 0 aliphatic carbocycles. The summed E-state index contributed by atoms with van der Waals surface area (Å²) >= 11 is 0. The quantitative estimate of drug-likeness (QED) is 0.338. The minimum absolute atomic E-state index is 0.0944. The van der Waals surface area contributed by atoms with Gasteiger partial charge in [-0.05, 0) is 48.0 Å². The molecule has 3 rings (SSSR count). The summed E-state index contributed by atoms with van der Waals surface area (Å²) in [5, 5.41) is 11.1. The molecule has 0 aromatic heterocycles. The summed E-state index contributed by atoms with van der Waals surface area (Å²) in [6.07, 6.45) is 0. The molecule has 0 aliphatic heterocycles. The van der Waals surface area contributed by atoms with Crippen molar-refractivity contribution < 1.29 is 23.6 Å². The highest BCUT2D eigenvalue weighted by Crippen LogP contribution is 2.34. The normalized spacial score (nSPS) is 10.4. The number of hydrogen-bond donors (Lipinski definition) is 0. The van der Waals surface area contributed by atoms with Crippen LogP contribution in [-0.4, -0.2) is 24.4 Å². The fourth-order valence-corrected chi connectivity index (χ4v) is 2.62. The first-order valence-electron chi connectivity index (χ1n) is 8.32. The zero-order valence-corrected chi connectivity index (χ0v) is 14.9. The first-order valence-corrected chi connectivity index (χ1v) is 8.32. The topological polar surface area (TPSA) is 78.7 Å². The van der Waals surface area contributed by atoms with Crippen molar-refractivity contribution in [2.24, 2.45) is 0 Å². The Kier molecular flexibility index (Phi) is 5.64. The SMILES string of the molecule is COc1ccc(-c2cc([N+](=O)[O-])ccc2OCC(=O)c2ccc(F)cc2)cc1. The van der Waals surface area contributed by atoms with Gasteiger partial charge in [0.1, 0.15) is 17.3 Å². The molecule has 3 aromatic rings. The van der Waals surface area contributed by atoms with Crippen LogP contribution in [0.1, 0.15) is 10.4 Å². The number of nitro benzene ring substituents is 1. The van der Waals surface area contributed by atoms with E-state index >= 15 is 0 Å². The van der Waals surface area contributed by atoms with Gasteiger partial charge in [-0.15, -0.1) is 0 Å². The van der Waals surface area contributed by atoms with Gasteiger partial charge in [0.05, 0.1) is 12.0 Å². The molecule has 28 heavy (non-hydrogen) atoms. The Balaban J connectivity index is 1.87. The van der Waals surface area contributed by atoms with Crippen LogP contribution in [0.2, 0.25) is 0 Å². The molecule has 0 N–H and O–H groups in total. The molecular weight excluding hydrogens is 365 g/mol. The number of ether oxygens (including phenoxy) is 2. The zero-order chi connectivity index (χ0) is 20.1. The van der Waals surface area contributed by atoms with Crippen LogP contribution in [0.25, 0.3) is 11.1 Å². The van der Waals surface area contributed by atoms with E-state index in [-0.39, 0.29) is 18.1 Å². The number of benzene rings is 3. The van der Waals surface area contributed by atoms with E-state index in [0.717, 1.165) is 0 Å². The van der Waals surface area contributed by atoms with Crippen molar-refractivity contribution in [1.82, 2.24) is 0 Å². The Morgan fingerprint density at radius 1 is 1.04 bits per heavy atom. The van der Waals surface area contributed by atoms with Gasteiger partial charge in [-0.3, -0.25) is 14.9 Å². The van der Waals surface area contributed by atoms with E-state index in [9.17, 15) is 19.3 Å². The van der Waals surface area contributed by atoms with Crippen LogP contribution in [0.15, 0.2) is 66.7 Å². The maximum Gasteiger partial charge on any atom is 0.270 e. The Morgan fingerprint density at radius 3 is 2.32 bits per heavy atom. The highest BCUT2D eigenvalue weighted by Gasteiger charge is 2.15.